The smallest absolute Gasteiger partial charge is 0.333 e. The number of aliphatic hydroxyl groups is 17. The summed E-state index contributed by atoms with van der Waals surface area (Å²) in [5.41, 5.74) is -0.246. The van der Waals surface area contributed by atoms with E-state index in [0.717, 1.165) is 13.2 Å². The number of epoxide rings is 2. The number of amides is 2. The topological polar surface area (TPSA) is 640 Å². The predicted octanol–water partition coefficient (Wildman–Crippen LogP) is -2.03. The number of carboxylic acids is 1. The molecule has 44 nitrogen and oxygen atoms in total. The third-order valence-electron chi connectivity index (χ3n) is 26.4. The Labute approximate surface area is 792 Å². The van der Waals surface area contributed by atoms with Gasteiger partial charge in [0.05, 0.1) is 219 Å². The van der Waals surface area contributed by atoms with Gasteiger partial charge < -0.3 is 193 Å². The molecule has 135 heavy (non-hydrogen) atoms. The van der Waals surface area contributed by atoms with E-state index in [4.69, 9.17) is 99.8 Å². The molecule has 10 aliphatic rings. The van der Waals surface area contributed by atoms with Gasteiger partial charge in [-0.15, -0.1) is 0 Å². The maximum Gasteiger partial charge on any atom is 0.333 e. The van der Waals surface area contributed by atoms with E-state index in [1.54, 1.807) is 62.3 Å². The molecule has 0 aliphatic carbocycles. The van der Waals surface area contributed by atoms with Gasteiger partial charge in [0, 0.05) is 50.5 Å². The van der Waals surface area contributed by atoms with Gasteiger partial charge in [-0.1, -0.05) is 66.2 Å². The molecule has 4 bridgehead atoms. The molecule has 0 aromatic carbocycles. The van der Waals surface area contributed by atoms with E-state index in [-0.39, 0.29) is 77.1 Å². The Hall–Kier alpha value is -3.11. The van der Waals surface area contributed by atoms with Gasteiger partial charge in [-0.05, 0) is 108 Å². The van der Waals surface area contributed by atoms with Crippen LogP contribution in [0.15, 0.2) is 0 Å². The van der Waals surface area contributed by atoms with Gasteiger partial charge in [0.15, 0.2) is 42.8 Å². The van der Waals surface area contributed by atoms with Gasteiger partial charge in [0.1, 0.15) is 74.3 Å². The molecule has 10 heterocycles. The minimum atomic E-state index is -1.58. The second-order valence-corrected chi connectivity index (χ2v) is 39.5. The van der Waals surface area contributed by atoms with Gasteiger partial charge in [0.25, 0.3) is 0 Å². The number of carbonyl (C=O) groups is 3. The third-order valence-corrected chi connectivity index (χ3v) is 26.4. The van der Waals surface area contributed by atoms with E-state index in [9.17, 15) is 106 Å². The van der Waals surface area contributed by atoms with Crippen LogP contribution in [0.25, 0.3) is 0 Å². The molecule has 10 saturated heterocycles. The van der Waals surface area contributed by atoms with Crippen molar-refractivity contribution < 1.29 is 206 Å². The lowest BCUT2D eigenvalue weighted by molar-refractivity contribution is -0.360. The zero-order valence-electron chi connectivity index (χ0n) is 81.6. The number of aliphatic carboxylic acids is 1. The quantitative estimate of drug-likeness (QED) is 0.0424. The second-order valence-electron chi connectivity index (χ2n) is 39.5. The van der Waals surface area contributed by atoms with E-state index in [1.807, 2.05) is 27.7 Å². The molecular weight excluding hydrogens is 1790 g/mol. The van der Waals surface area contributed by atoms with Gasteiger partial charge in [-0.2, -0.15) is 0 Å². The van der Waals surface area contributed by atoms with Gasteiger partial charge in [0.2, 0.25) is 11.8 Å². The molecule has 0 spiro atoms. The van der Waals surface area contributed by atoms with Crippen molar-refractivity contribution >= 4 is 17.8 Å². The lowest BCUT2D eigenvalue weighted by Crippen LogP contribution is -2.66. The van der Waals surface area contributed by atoms with Crippen LogP contribution in [0.3, 0.4) is 0 Å². The normalized spacial score (nSPS) is 43.4. The monoisotopic (exact) mass is 1960 g/mol. The van der Waals surface area contributed by atoms with E-state index in [1.165, 1.54) is 53.6 Å². The highest BCUT2D eigenvalue weighted by Gasteiger charge is 2.56. The number of hydrogen-bond acceptors (Lipinski definition) is 41. The Bertz CT molecular complexity index is 3300. The number of fused-ring (bicyclic) bond motifs is 6. The van der Waals surface area contributed by atoms with Crippen molar-refractivity contribution in [1.82, 2.24) is 10.6 Å². The summed E-state index contributed by atoms with van der Waals surface area (Å²) in [6.07, 6.45) is -22.7. The molecule has 0 aromatic rings. The molecular formula is C91H166N2O42. The molecule has 10 rings (SSSR count). The van der Waals surface area contributed by atoms with Crippen LogP contribution in [-0.2, 0) is 114 Å². The summed E-state index contributed by atoms with van der Waals surface area (Å²) in [5.74, 6) is -9.08. The highest BCUT2D eigenvalue weighted by atomic mass is 17.2. The Balaban J connectivity index is 0.000000358. The Morgan fingerprint density at radius 2 is 0.852 bits per heavy atom. The van der Waals surface area contributed by atoms with Crippen molar-refractivity contribution in [2.24, 2.45) is 41.4 Å². The Morgan fingerprint density at radius 3 is 1.36 bits per heavy atom. The largest absolute Gasteiger partial charge is 0.479 e. The summed E-state index contributed by atoms with van der Waals surface area (Å²) in [6, 6.07) is -1.81. The Morgan fingerprint density at radius 1 is 0.407 bits per heavy atom. The Kier molecular flexibility index (Phi) is 50.1. The summed E-state index contributed by atoms with van der Waals surface area (Å²) in [7, 11) is 1.51. The zero-order valence-corrected chi connectivity index (χ0v) is 81.6. The SMILES string of the molecule is C(CCC1CO1)CC1CO1.CC(=O)NC1C(C)OC(CO)C(OC2OC(C(=O)O)C(C)C(O)C2O)C1O.CC(=O)NC1C(C)OC2COCC(O)CCCCC(O)COC(C)(C)OCC3OC(C)C(CO)C(O)C3OC3OC(COC(C)(C)OCC(O)CCCCC(O)COOCC4OC(OC2C1O)C(O)C(O)C4C)C(C)C(O)C3CO.COC1OC(COC(C)(C)C)C(C)C(O)C1CO. The average molecular weight is 1960 g/mol. The van der Waals surface area contributed by atoms with Crippen LogP contribution in [0, 0.1) is 41.4 Å². The summed E-state index contributed by atoms with van der Waals surface area (Å²) in [4.78, 5) is 45.5. The molecule has 41 atom stereocenters. The fourth-order valence-corrected chi connectivity index (χ4v) is 17.4. The van der Waals surface area contributed by atoms with Crippen molar-refractivity contribution in [3.63, 3.8) is 0 Å². The van der Waals surface area contributed by atoms with Crippen LogP contribution >= 0.6 is 0 Å². The van der Waals surface area contributed by atoms with Crippen LogP contribution in [0.5, 0.6) is 0 Å². The van der Waals surface area contributed by atoms with Crippen molar-refractivity contribution in [2.75, 3.05) is 106 Å². The number of unbranched alkanes of at least 4 members (excludes halogenated alkanes) is 1. The number of ether oxygens (including phenoxy) is 19. The lowest BCUT2D eigenvalue weighted by Gasteiger charge is -2.48. The summed E-state index contributed by atoms with van der Waals surface area (Å²) in [6.45, 7) is 26.2. The number of carbonyl (C=O) groups excluding carboxylic acids is 2. The predicted molar refractivity (Wildman–Crippen MR) is 471 cm³/mol. The molecule has 44 heteroatoms. The first-order valence-electron chi connectivity index (χ1n) is 48.0. The standard InChI is InChI=1S/C54H99NO25.C16H27NO10.C13H26O5.C8H14O2/c1-28-39-25-71-53(6,7)69-21-35(61)16-12-13-17-36(62)23-73-74-27-40-29(2)45(64)48(67)52(78-40)80-50-41(76-31(4)43(47(50)66)55-32(5)58)24-68-20-33(59)14-10-11-15-34(60)22-70-54(8,9)72-26-42-49(46(65)37(18-56)30(3)75-42)79-51(77-39)38(19-57)44(28)63;1-5-10(20)12(22)16(26-13(5)15(23)24)27-14-8(4-18)25-6(2)9(11(14)21)17-7(3)19;1-8-10(7-17-13(2,3)4)18-12(16-5)9(6-14)11(8)15;1(3-7-5-9-7)2-4-8-6-10-8/h28-31,33-52,56-57,59-67H,10-27H2,1-9H3,(H,55,58);5-6,8-14,16,18,20-22H,4H2,1-3H3,(H,17,19)(H,23,24);8-12,14-15H,6-7H2,1-5H3;7-8H,1-6H2. The van der Waals surface area contributed by atoms with Crippen molar-refractivity contribution in [3.8, 4) is 0 Å². The van der Waals surface area contributed by atoms with Crippen molar-refractivity contribution in [2.45, 2.75) is 413 Å². The average Bonchev–Trinajstić information content (AvgIpc) is 1.58. The number of aliphatic hydroxyl groups excluding tert-OH is 17. The van der Waals surface area contributed by atoms with Gasteiger partial charge >= 0.3 is 5.97 Å². The van der Waals surface area contributed by atoms with Crippen molar-refractivity contribution in [3.05, 3.63) is 0 Å². The first-order chi connectivity index (χ1) is 63.6. The minimum Gasteiger partial charge on any atom is -0.479 e. The molecule has 10 fully saturated rings. The maximum absolute atomic E-state index is 12.1. The molecule has 2 amide bonds. The van der Waals surface area contributed by atoms with E-state index >= 15 is 0 Å². The molecule has 41 unspecified atom stereocenters. The number of carboxylic acid groups (broad SMARTS) is 1. The molecule has 0 radical (unpaired) electrons. The fourth-order valence-electron chi connectivity index (χ4n) is 17.4. The summed E-state index contributed by atoms with van der Waals surface area (Å²) in [5, 5.41) is 195. The van der Waals surface area contributed by atoms with E-state index in [2.05, 4.69) is 10.6 Å². The van der Waals surface area contributed by atoms with Crippen LogP contribution in [0.2, 0.25) is 0 Å². The van der Waals surface area contributed by atoms with Crippen LogP contribution in [0.4, 0.5) is 0 Å². The highest BCUT2D eigenvalue weighted by Crippen LogP contribution is 2.40. The van der Waals surface area contributed by atoms with Gasteiger partial charge in [-0.25, -0.2) is 14.6 Å². The van der Waals surface area contributed by atoms with Crippen LogP contribution in [-0.4, -0.2) is 441 Å². The maximum atomic E-state index is 12.1. The summed E-state index contributed by atoms with van der Waals surface area (Å²) >= 11 is 0. The molecule has 10 aliphatic heterocycles. The molecule has 20 N–H and O–H groups in total. The highest BCUT2D eigenvalue weighted by molar-refractivity contribution is 5.74. The first kappa shape index (κ1) is 119. The fraction of sp³-hybridized carbons (Fsp3) is 0.967. The van der Waals surface area contributed by atoms with Crippen LogP contribution < -0.4 is 10.6 Å². The molecule has 792 valence electrons. The number of methoxy groups -OCH3 is 1. The molecule has 0 aromatic heterocycles. The van der Waals surface area contributed by atoms with E-state index < -0.39 is 275 Å². The minimum absolute atomic E-state index is 0.0878. The first-order valence-corrected chi connectivity index (χ1v) is 48.0. The van der Waals surface area contributed by atoms with Gasteiger partial charge in [-0.3, -0.25) is 9.59 Å². The number of nitrogens with one attached hydrogen (secondary N) is 2. The second kappa shape index (κ2) is 57.0. The molecule has 0 saturated carbocycles. The number of rotatable bonds is 17. The lowest BCUT2D eigenvalue weighted by atomic mass is 9.84. The van der Waals surface area contributed by atoms with E-state index in [0.29, 0.717) is 70.2 Å². The number of hydrogen-bond donors (Lipinski definition) is 20. The summed E-state index contributed by atoms with van der Waals surface area (Å²) < 4.78 is 111. The zero-order chi connectivity index (χ0) is 100. The van der Waals surface area contributed by atoms with Crippen molar-refractivity contribution in [1.29, 1.82) is 0 Å². The third kappa shape index (κ3) is 37.5. The van der Waals surface area contributed by atoms with Crippen LogP contribution in [0.1, 0.15) is 188 Å².